The largest absolute Gasteiger partial charge is 0.497 e. The zero-order chi connectivity index (χ0) is 10.9. The molecule has 1 rings (SSSR count). The van der Waals surface area contributed by atoms with Crippen molar-refractivity contribution in [3.8, 4) is 5.75 Å². The number of hydrogen-bond acceptors (Lipinski definition) is 3. The van der Waals surface area contributed by atoms with Gasteiger partial charge in [-0.3, -0.25) is 0 Å². The molecule has 0 aliphatic carbocycles. The highest BCUT2D eigenvalue weighted by Gasteiger charge is 1.96. The summed E-state index contributed by atoms with van der Waals surface area (Å²) >= 11 is 5.60. The number of alkyl halides is 1. The van der Waals surface area contributed by atoms with Crippen molar-refractivity contribution in [1.29, 1.82) is 0 Å². The van der Waals surface area contributed by atoms with Crippen LogP contribution in [0.15, 0.2) is 24.3 Å². The Kier molecular flexibility index (Phi) is 7.14. The van der Waals surface area contributed by atoms with E-state index in [2.05, 4.69) is 12.1 Å². The van der Waals surface area contributed by atoms with Gasteiger partial charge in [0.25, 0.3) is 0 Å². The van der Waals surface area contributed by atoms with Crippen LogP contribution in [-0.2, 0) is 5.75 Å². The topological polar surface area (TPSA) is 9.23 Å². The third-order valence-corrected chi connectivity index (χ3v) is 4.50. The van der Waals surface area contributed by atoms with E-state index in [1.54, 1.807) is 7.11 Å². The maximum absolute atomic E-state index is 5.60. The van der Waals surface area contributed by atoms with Crippen LogP contribution in [0.3, 0.4) is 0 Å². The Morgan fingerprint density at radius 2 is 2.20 bits per heavy atom. The Morgan fingerprint density at radius 1 is 1.33 bits per heavy atom. The summed E-state index contributed by atoms with van der Waals surface area (Å²) in [7, 11) is 5.44. The van der Waals surface area contributed by atoms with Gasteiger partial charge in [-0.05, 0) is 24.1 Å². The molecule has 0 N–H and O–H groups in total. The Hall–Kier alpha value is 0.01000. The van der Waals surface area contributed by atoms with Gasteiger partial charge in [-0.1, -0.05) is 33.7 Å². The van der Waals surface area contributed by atoms with Gasteiger partial charge in [-0.15, -0.1) is 11.6 Å². The van der Waals surface area contributed by atoms with Gasteiger partial charge >= 0.3 is 0 Å². The SMILES string of the molecule is COc1cccc(CSSCCCCl)c1. The molecule has 1 nitrogen and oxygen atoms in total. The van der Waals surface area contributed by atoms with Crippen molar-refractivity contribution in [2.75, 3.05) is 18.7 Å². The summed E-state index contributed by atoms with van der Waals surface area (Å²) in [6, 6.07) is 8.19. The minimum absolute atomic E-state index is 0.757. The van der Waals surface area contributed by atoms with Crippen molar-refractivity contribution in [2.24, 2.45) is 0 Å². The van der Waals surface area contributed by atoms with Gasteiger partial charge in [-0.2, -0.15) is 0 Å². The first-order valence-electron chi connectivity index (χ1n) is 4.80. The average molecular weight is 263 g/mol. The van der Waals surface area contributed by atoms with Gasteiger partial charge in [0.05, 0.1) is 7.11 Å². The molecule has 0 radical (unpaired) electrons. The molecule has 0 unspecified atom stereocenters. The molecule has 0 saturated heterocycles. The molecule has 0 spiro atoms. The lowest BCUT2D eigenvalue weighted by molar-refractivity contribution is 0.414. The second-order valence-corrected chi connectivity index (χ2v) is 5.94. The standard InChI is InChI=1S/C11H15ClOS2/c1-13-11-5-2-4-10(8-11)9-15-14-7-3-6-12/h2,4-5,8H,3,6-7,9H2,1H3. The fourth-order valence-electron chi connectivity index (χ4n) is 1.04. The van der Waals surface area contributed by atoms with Gasteiger partial charge < -0.3 is 4.74 Å². The van der Waals surface area contributed by atoms with E-state index in [0.717, 1.165) is 29.6 Å². The van der Waals surface area contributed by atoms with E-state index < -0.39 is 0 Å². The number of methoxy groups -OCH3 is 1. The first-order valence-corrected chi connectivity index (χ1v) is 7.82. The van der Waals surface area contributed by atoms with Gasteiger partial charge in [0.15, 0.2) is 0 Å². The molecule has 1 aromatic carbocycles. The van der Waals surface area contributed by atoms with Crippen LogP contribution in [0.25, 0.3) is 0 Å². The van der Waals surface area contributed by atoms with Gasteiger partial charge in [-0.25, -0.2) is 0 Å². The highest BCUT2D eigenvalue weighted by molar-refractivity contribution is 8.76. The van der Waals surface area contributed by atoms with E-state index in [9.17, 15) is 0 Å². The molecule has 15 heavy (non-hydrogen) atoms. The number of hydrogen-bond donors (Lipinski definition) is 0. The number of halogens is 1. The summed E-state index contributed by atoms with van der Waals surface area (Å²) < 4.78 is 5.17. The molecule has 0 aromatic heterocycles. The summed E-state index contributed by atoms with van der Waals surface area (Å²) in [5.74, 6) is 3.83. The minimum Gasteiger partial charge on any atom is -0.497 e. The van der Waals surface area contributed by atoms with Crippen molar-refractivity contribution in [3.05, 3.63) is 29.8 Å². The van der Waals surface area contributed by atoms with Gasteiger partial charge in [0.2, 0.25) is 0 Å². The van der Waals surface area contributed by atoms with E-state index in [1.807, 2.05) is 33.7 Å². The van der Waals surface area contributed by atoms with E-state index in [0.29, 0.717) is 0 Å². The lowest BCUT2D eigenvalue weighted by Crippen LogP contribution is -1.85. The molecular formula is C11H15ClOS2. The molecule has 0 amide bonds. The minimum atomic E-state index is 0.757. The Balaban J connectivity index is 2.24. The van der Waals surface area contributed by atoms with Gasteiger partial charge in [0.1, 0.15) is 5.75 Å². The molecule has 0 aliphatic rings. The average Bonchev–Trinajstić information content (AvgIpc) is 2.29. The molecule has 84 valence electrons. The van der Waals surface area contributed by atoms with Crippen molar-refractivity contribution in [2.45, 2.75) is 12.2 Å². The highest BCUT2D eigenvalue weighted by Crippen LogP contribution is 2.27. The zero-order valence-electron chi connectivity index (χ0n) is 8.74. The summed E-state index contributed by atoms with van der Waals surface area (Å²) in [5.41, 5.74) is 1.30. The zero-order valence-corrected chi connectivity index (χ0v) is 11.1. The Labute approximate surface area is 104 Å². The Morgan fingerprint density at radius 3 is 2.93 bits per heavy atom. The third-order valence-electron chi connectivity index (χ3n) is 1.80. The highest BCUT2D eigenvalue weighted by atomic mass is 35.5. The van der Waals surface area contributed by atoms with Crippen molar-refractivity contribution >= 4 is 33.2 Å². The van der Waals surface area contributed by atoms with Crippen LogP contribution in [-0.4, -0.2) is 18.7 Å². The second kappa shape index (κ2) is 8.20. The van der Waals surface area contributed by atoms with Crippen molar-refractivity contribution in [3.63, 3.8) is 0 Å². The maximum atomic E-state index is 5.60. The molecule has 1 aromatic rings. The van der Waals surface area contributed by atoms with Crippen LogP contribution in [0.5, 0.6) is 5.75 Å². The van der Waals surface area contributed by atoms with Crippen LogP contribution in [0.4, 0.5) is 0 Å². The van der Waals surface area contributed by atoms with E-state index in [4.69, 9.17) is 16.3 Å². The lowest BCUT2D eigenvalue weighted by atomic mass is 10.2. The predicted octanol–water partition coefficient (Wildman–Crippen LogP) is 4.21. The summed E-state index contributed by atoms with van der Waals surface area (Å²) in [6.45, 7) is 0. The molecule has 0 heterocycles. The smallest absolute Gasteiger partial charge is 0.119 e. The molecule has 0 bridgehead atoms. The van der Waals surface area contributed by atoms with Crippen LogP contribution in [0.1, 0.15) is 12.0 Å². The maximum Gasteiger partial charge on any atom is 0.119 e. The molecule has 4 heteroatoms. The normalized spacial score (nSPS) is 10.3. The summed E-state index contributed by atoms with van der Waals surface area (Å²) in [5, 5.41) is 0. The van der Waals surface area contributed by atoms with Gasteiger partial charge in [0, 0.05) is 17.4 Å². The fourth-order valence-corrected chi connectivity index (χ4v) is 3.48. The quantitative estimate of drug-likeness (QED) is 0.414. The molecule has 0 aliphatic heterocycles. The summed E-state index contributed by atoms with van der Waals surface area (Å²) in [4.78, 5) is 0. The van der Waals surface area contributed by atoms with Crippen molar-refractivity contribution < 1.29 is 4.74 Å². The lowest BCUT2D eigenvalue weighted by Gasteiger charge is -2.03. The van der Waals surface area contributed by atoms with E-state index in [1.165, 1.54) is 5.56 Å². The third kappa shape index (κ3) is 5.59. The van der Waals surface area contributed by atoms with Crippen LogP contribution < -0.4 is 4.74 Å². The van der Waals surface area contributed by atoms with Crippen molar-refractivity contribution in [1.82, 2.24) is 0 Å². The Bertz CT molecular complexity index is 281. The molecular weight excluding hydrogens is 248 g/mol. The first-order chi connectivity index (χ1) is 7.36. The van der Waals surface area contributed by atoms with Crippen LogP contribution in [0, 0.1) is 0 Å². The number of ether oxygens (including phenoxy) is 1. The number of rotatable bonds is 7. The first kappa shape index (κ1) is 13.1. The monoisotopic (exact) mass is 262 g/mol. The molecule has 0 saturated carbocycles. The van der Waals surface area contributed by atoms with E-state index >= 15 is 0 Å². The number of benzene rings is 1. The second-order valence-electron chi connectivity index (χ2n) is 2.98. The van der Waals surface area contributed by atoms with Crippen LogP contribution >= 0.6 is 33.2 Å². The summed E-state index contributed by atoms with van der Waals surface area (Å²) in [6.07, 6.45) is 1.08. The molecule has 0 atom stereocenters. The van der Waals surface area contributed by atoms with Crippen LogP contribution in [0.2, 0.25) is 0 Å². The fraction of sp³-hybridized carbons (Fsp3) is 0.455. The predicted molar refractivity (Wildman–Crippen MR) is 72.1 cm³/mol. The molecule has 0 fully saturated rings. The van der Waals surface area contributed by atoms with E-state index in [-0.39, 0.29) is 0 Å².